The van der Waals surface area contributed by atoms with Gasteiger partial charge < -0.3 is 9.84 Å². The Kier molecular flexibility index (Phi) is 7.91. The minimum absolute atomic E-state index is 0.0805. The van der Waals surface area contributed by atoms with Crippen molar-refractivity contribution in [3.8, 4) is 0 Å². The molecule has 7 nitrogen and oxygen atoms in total. The van der Waals surface area contributed by atoms with Crippen molar-refractivity contribution in [2.24, 2.45) is 0 Å². The molecule has 0 aliphatic rings. The highest BCUT2D eigenvalue weighted by atomic mass is 32.2. The minimum atomic E-state index is -4.67. The van der Waals surface area contributed by atoms with E-state index in [1.807, 2.05) is 24.3 Å². The molecule has 3 aromatic carbocycles. The van der Waals surface area contributed by atoms with E-state index in [1.165, 1.54) is 55.5 Å². The van der Waals surface area contributed by atoms with Crippen molar-refractivity contribution in [3.05, 3.63) is 101 Å². The molecule has 0 saturated heterocycles. The van der Waals surface area contributed by atoms with Crippen molar-refractivity contribution < 1.29 is 36.2 Å². The van der Waals surface area contributed by atoms with Crippen LogP contribution in [0.2, 0.25) is 0 Å². The molecule has 1 aromatic heterocycles. The van der Waals surface area contributed by atoms with E-state index in [1.54, 1.807) is 13.1 Å². The lowest BCUT2D eigenvalue weighted by atomic mass is 9.94. The number of sulfonamides is 1. The third-order valence-electron chi connectivity index (χ3n) is 6.76. The van der Waals surface area contributed by atoms with Crippen molar-refractivity contribution in [1.82, 2.24) is 4.98 Å². The van der Waals surface area contributed by atoms with Crippen molar-refractivity contribution in [2.75, 3.05) is 10.9 Å². The van der Waals surface area contributed by atoms with E-state index in [0.717, 1.165) is 22.0 Å². The number of carboxylic acid groups (broad SMARTS) is 1. The van der Waals surface area contributed by atoms with Gasteiger partial charge in [0, 0.05) is 23.8 Å². The topological polar surface area (TPSA) is 96.8 Å². The first kappa shape index (κ1) is 29.0. The maximum Gasteiger partial charge on any atom is 0.421 e. The van der Waals surface area contributed by atoms with Gasteiger partial charge in [-0.1, -0.05) is 48.5 Å². The zero-order valence-electron chi connectivity index (χ0n) is 21.9. The summed E-state index contributed by atoms with van der Waals surface area (Å²) >= 11 is 0. The largest absolute Gasteiger partial charge is 0.478 e. The summed E-state index contributed by atoms with van der Waals surface area (Å²) in [6.45, 7) is 3.76. The molecule has 4 aromatic rings. The number of carboxylic acids is 1. The number of aromatic carboxylic acids is 1. The molecule has 40 heavy (non-hydrogen) atoms. The number of hydrogen-bond acceptors (Lipinski definition) is 5. The predicted octanol–water partition coefficient (Wildman–Crippen LogP) is 6.45. The number of benzene rings is 3. The molecule has 1 N–H and O–H groups in total. The number of aryl methyl sites for hydroxylation is 1. The smallest absolute Gasteiger partial charge is 0.421 e. The number of nitrogens with zero attached hydrogens (tertiary/aromatic N) is 2. The monoisotopic (exact) mass is 572 g/mol. The van der Waals surface area contributed by atoms with E-state index in [-0.39, 0.29) is 35.0 Å². The fourth-order valence-electron chi connectivity index (χ4n) is 4.43. The van der Waals surface area contributed by atoms with Crippen molar-refractivity contribution >= 4 is 32.6 Å². The van der Waals surface area contributed by atoms with Crippen LogP contribution in [0.4, 0.5) is 19.0 Å². The Balaban J connectivity index is 1.81. The van der Waals surface area contributed by atoms with Crippen LogP contribution in [0.5, 0.6) is 0 Å². The second kappa shape index (κ2) is 10.9. The Morgan fingerprint density at radius 2 is 1.62 bits per heavy atom. The molecular formula is C29H27F3N2O5S. The van der Waals surface area contributed by atoms with Gasteiger partial charge in [-0.3, -0.25) is 0 Å². The van der Waals surface area contributed by atoms with Crippen molar-refractivity contribution in [1.29, 1.82) is 0 Å². The second-order valence-electron chi connectivity index (χ2n) is 9.30. The van der Waals surface area contributed by atoms with E-state index in [2.05, 4.69) is 4.98 Å². The maximum atomic E-state index is 13.9. The number of alkyl halides is 3. The molecule has 0 spiro atoms. The number of anilines is 1. The summed E-state index contributed by atoms with van der Waals surface area (Å²) in [7, 11) is -4.28. The quantitative estimate of drug-likeness (QED) is 0.248. The van der Waals surface area contributed by atoms with Gasteiger partial charge in [-0.05, 0) is 61.5 Å². The number of rotatable bonds is 9. The number of fused-ring (bicyclic) bond motifs is 1. The van der Waals surface area contributed by atoms with Gasteiger partial charge in [0.1, 0.15) is 5.82 Å². The number of carbonyl (C=O) groups is 1. The number of aromatic nitrogens is 1. The lowest BCUT2D eigenvalue weighted by Crippen LogP contribution is -2.42. The molecule has 0 radical (unpaired) electrons. The summed E-state index contributed by atoms with van der Waals surface area (Å²) < 4.78 is 75.5. The Hall–Kier alpha value is -3.96. The lowest BCUT2D eigenvalue weighted by Gasteiger charge is -2.32. The standard InChI is InChI=1S/C29H27F3N2O5S/c1-4-39-28(3,29(30,31)32)23-13-9-20(10-14-23)18-34(26-19(2)25-8-6-5-7-22(25)17-33-26)40(37,38)24-15-11-21(12-16-24)27(35)36/h5-17H,4,18H2,1-3H3,(H,35,36). The Labute approximate surface area is 229 Å². The zero-order valence-corrected chi connectivity index (χ0v) is 22.8. The summed E-state index contributed by atoms with van der Waals surface area (Å²) in [5.41, 5.74) is -1.74. The van der Waals surface area contributed by atoms with Gasteiger partial charge in [-0.15, -0.1) is 0 Å². The van der Waals surface area contributed by atoms with Crippen LogP contribution in [0.1, 0.15) is 40.9 Å². The molecule has 1 unspecified atom stereocenters. The first-order valence-corrected chi connectivity index (χ1v) is 13.7. The molecule has 0 bridgehead atoms. The average Bonchev–Trinajstić information content (AvgIpc) is 2.92. The van der Waals surface area contributed by atoms with Gasteiger partial charge in [0.2, 0.25) is 0 Å². The molecule has 0 aliphatic carbocycles. The first-order chi connectivity index (χ1) is 18.8. The van der Waals surface area contributed by atoms with E-state index < -0.39 is 27.8 Å². The molecule has 0 saturated carbocycles. The number of ether oxygens (including phenoxy) is 1. The summed E-state index contributed by atoms with van der Waals surface area (Å²) in [6.07, 6.45) is -3.12. The second-order valence-corrected chi connectivity index (χ2v) is 11.2. The van der Waals surface area contributed by atoms with Gasteiger partial charge >= 0.3 is 12.1 Å². The fourth-order valence-corrected chi connectivity index (χ4v) is 5.90. The SMILES string of the molecule is CCOC(C)(c1ccc(CN(c2ncc3ccccc3c2C)S(=O)(=O)c2ccc(C(=O)O)cc2)cc1)C(F)(F)F. The number of pyridine rings is 1. The fraction of sp³-hybridized carbons (Fsp3) is 0.241. The van der Waals surface area contributed by atoms with Crippen LogP contribution in [0.3, 0.4) is 0 Å². The molecule has 11 heteroatoms. The molecule has 0 fully saturated rings. The highest BCUT2D eigenvalue weighted by Gasteiger charge is 2.53. The van der Waals surface area contributed by atoms with Crippen LogP contribution in [0, 0.1) is 6.92 Å². The lowest BCUT2D eigenvalue weighted by molar-refractivity contribution is -0.276. The molecule has 0 amide bonds. The van der Waals surface area contributed by atoms with Crippen LogP contribution in [0.25, 0.3) is 10.8 Å². The minimum Gasteiger partial charge on any atom is -0.478 e. The van der Waals surface area contributed by atoms with E-state index in [0.29, 0.717) is 11.1 Å². The van der Waals surface area contributed by atoms with Gasteiger partial charge in [0.25, 0.3) is 10.0 Å². The summed E-state index contributed by atoms with van der Waals surface area (Å²) in [5.74, 6) is -1.06. The third kappa shape index (κ3) is 5.39. The van der Waals surface area contributed by atoms with Gasteiger partial charge in [-0.2, -0.15) is 13.2 Å². The van der Waals surface area contributed by atoms with Gasteiger partial charge in [0.05, 0.1) is 17.0 Å². The molecular weight excluding hydrogens is 545 g/mol. The van der Waals surface area contributed by atoms with E-state index in [9.17, 15) is 31.5 Å². The Morgan fingerprint density at radius 1 is 1.00 bits per heavy atom. The normalized spacial score (nSPS) is 13.7. The highest BCUT2D eigenvalue weighted by Crippen LogP contribution is 2.42. The average molecular weight is 573 g/mol. The number of hydrogen-bond donors (Lipinski definition) is 1. The summed E-state index contributed by atoms with van der Waals surface area (Å²) in [5, 5.41) is 10.8. The number of halogens is 3. The van der Waals surface area contributed by atoms with Crippen LogP contribution in [0.15, 0.2) is 83.9 Å². The Morgan fingerprint density at radius 3 is 2.20 bits per heavy atom. The summed E-state index contributed by atoms with van der Waals surface area (Å²) in [6, 6.07) is 17.5. The molecule has 1 atom stereocenters. The van der Waals surface area contributed by atoms with E-state index in [4.69, 9.17) is 4.74 Å². The molecule has 210 valence electrons. The molecule has 0 aliphatic heterocycles. The van der Waals surface area contributed by atoms with Gasteiger partial charge in [0.15, 0.2) is 5.60 Å². The van der Waals surface area contributed by atoms with Crippen molar-refractivity contribution in [2.45, 2.75) is 44.0 Å². The zero-order chi connectivity index (χ0) is 29.3. The maximum absolute atomic E-state index is 13.9. The molecule has 4 rings (SSSR count). The van der Waals surface area contributed by atoms with Crippen LogP contribution in [-0.2, 0) is 26.9 Å². The Bertz CT molecular complexity index is 1640. The van der Waals surface area contributed by atoms with Crippen LogP contribution < -0.4 is 4.31 Å². The summed E-state index contributed by atoms with van der Waals surface area (Å²) in [4.78, 5) is 15.6. The third-order valence-corrected chi connectivity index (χ3v) is 8.51. The first-order valence-electron chi connectivity index (χ1n) is 12.3. The van der Waals surface area contributed by atoms with Gasteiger partial charge in [-0.25, -0.2) is 22.5 Å². The molecule has 1 heterocycles. The highest BCUT2D eigenvalue weighted by molar-refractivity contribution is 7.92. The van der Waals surface area contributed by atoms with Crippen molar-refractivity contribution in [3.63, 3.8) is 0 Å². The predicted molar refractivity (Wildman–Crippen MR) is 145 cm³/mol. The van der Waals surface area contributed by atoms with Crippen LogP contribution in [-0.4, -0.2) is 37.3 Å². The van der Waals surface area contributed by atoms with Crippen LogP contribution >= 0.6 is 0 Å². The van der Waals surface area contributed by atoms with E-state index >= 15 is 0 Å².